The van der Waals surface area contributed by atoms with Crippen LogP contribution >= 0.6 is 11.3 Å². The molecule has 1 aromatic carbocycles. The molecule has 0 bridgehead atoms. The highest BCUT2D eigenvalue weighted by Crippen LogP contribution is 2.26. The minimum atomic E-state index is 0.198. The first kappa shape index (κ1) is 13.3. The predicted molar refractivity (Wildman–Crippen MR) is 78.7 cm³/mol. The molecular weight excluding hydrogens is 240 g/mol. The number of aryl methyl sites for hydroxylation is 3. The van der Waals surface area contributed by atoms with Crippen molar-refractivity contribution < 1.29 is 0 Å². The van der Waals surface area contributed by atoms with Crippen molar-refractivity contribution in [3.05, 3.63) is 56.8 Å². The van der Waals surface area contributed by atoms with Crippen LogP contribution in [0, 0.1) is 20.8 Å². The van der Waals surface area contributed by atoms with Crippen LogP contribution < -0.4 is 11.3 Å². The van der Waals surface area contributed by atoms with Gasteiger partial charge in [-0.05, 0) is 50.5 Å². The Morgan fingerprint density at radius 2 is 1.94 bits per heavy atom. The first-order valence-corrected chi connectivity index (χ1v) is 7.00. The Bertz CT molecular complexity index is 531. The molecule has 0 fully saturated rings. The topological polar surface area (TPSA) is 38.0 Å². The molecule has 0 saturated carbocycles. The molecule has 0 amide bonds. The van der Waals surface area contributed by atoms with Gasteiger partial charge in [-0.3, -0.25) is 11.3 Å². The fraction of sp³-hybridized carbons (Fsp3) is 0.333. The first-order chi connectivity index (χ1) is 8.60. The van der Waals surface area contributed by atoms with E-state index in [4.69, 9.17) is 5.84 Å². The lowest BCUT2D eigenvalue weighted by Gasteiger charge is -2.16. The quantitative estimate of drug-likeness (QED) is 0.653. The van der Waals surface area contributed by atoms with Crippen LogP contribution in [0.15, 0.2) is 30.3 Å². The summed E-state index contributed by atoms with van der Waals surface area (Å²) in [6.45, 7) is 6.41. The molecule has 0 saturated heterocycles. The molecule has 2 aromatic rings. The van der Waals surface area contributed by atoms with Crippen LogP contribution in [0.4, 0.5) is 0 Å². The number of hydrazine groups is 1. The van der Waals surface area contributed by atoms with E-state index in [9.17, 15) is 0 Å². The summed E-state index contributed by atoms with van der Waals surface area (Å²) in [6.07, 6.45) is 0.934. The van der Waals surface area contributed by atoms with Crippen molar-refractivity contribution in [3.63, 3.8) is 0 Å². The van der Waals surface area contributed by atoms with E-state index in [0.29, 0.717) is 0 Å². The van der Waals surface area contributed by atoms with E-state index in [-0.39, 0.29) is 6.04 Å². The predicted octanol–water partition coefficient (Wildman–Crippen LogP) is 3.42. The Kier molecular flexibility index (Phi) is 4.17. The third kappa shape index (κ3) is 2.99. The van der Waals surface area contributed by atoms with Crippen LogP contribution in [0.2, 0.25) is 0 Å². The van der Waals surface area contributed by atoms with Crippen LogP contribution in [0.5, 0.6) is 0 Å². The number of thiophene rings is 1. The average molecular weight is 260 g/mol. The Labute approximate surface area is 113 Å². The van der Waals surface area contributed by atoms with Crippen LogP contribution in [-0.4, -0.2) is 0 Å². The standard InChI is InChI=1S/C15H20N2S/c1-10-4-5-11(2)13(8-10)9-14(17-16)15-7-6-12(3)18-15/h4-8,14,17H,9,16H2,1-3H3. The number of nitrogens with two attached hydrogens (primary N) is 1. The van der Waals surface area contributed by atoms with Gasteiger partial charge >= 0.3 is 0 Å². The summed E-state index contributed by atoms with van der Waals surface area (Å²) >= 11 is 1.81. The first-order valence-electron chi connectivity index (χ1n) is 6.18. The molecule has 3 heteroatoms. The molecule has 1 heterocycles. The number of hydrogen-bond acceptors (Lipinski definition) is 3. The fourth-order valence-electron chi connectivity index (χ4n) is 2.12. The second kappa shape index (κ2) is 5.65. The van der Waals surface area contributed by atoms with Gasteiger partial charge in [-0.1, -0.05) is 23.8 Å². The molecule has 3 N–H and O–H groups in total. The molecule has 0 aliphatic carbocycles. The van der Waals surface area contributed by atoms with E-state index in [2.05, 4.69) is 56.5 Å². The van der Waals surface area contributed by atoms with E-state index in [1.807, 2.05) is 11.3 Å². The normalized spacial score (nSPS) is 12.7. The van der Waals surface area contributed by atoms with Gasteiger partial charge in [0.05, 0.1) is 6.04 Å². The van der Waals surface area contributed by atoms with Crippen LogP contribution in [-0.2, 0) is 6.42 Å². The van der Waals surface area contributed by atoms with Crippen molar-refractivity contribution in [2.24, 2.45) is 5.84 Å². The zero-order valence-corrected chi connectivity index (χ0v) is 12.0. The lowest BCUT2D eigenvalue weighted by molar-refractivity contribution is 0.559. The monoisotopic (exact) mass is 260 g/mol. The van der Waals surface area contributed by atoms with Gasteiger partial charge in [0.2, 0.25) is 0 Å². The van der Waals surface area contributed by atoms with Crippen LogP contribution in [0.1, 0.15) is 32.5 Å². The minimum absolute atomic E-state index is 0.198. The molecule has 1 atom stereocenters. The van der Waals surface area contributed by atoms with Gasteiger partial charge in [0, 0.05) is 9.75 Å². The van der Waals surface area contributed by atoms with Crippen molar-refractivity contribution in [1.82, 2.24) is 5.43 Å². The number of nitrogens with one attached hydrogen (secondary N) is 1. The van der Waals surface area contributed by atoms with Crippen molar-refractivity contribution in [3.8, 4) is 0 Å². The third-order valence-electron chi connectivity index (χ3n) is 3.23. The Morgan fingerprint density at radius 3 is 2.56 bits per heavy atom. The second-order valence-electron chi connectivity index (χ2n) is 4.80. The highest BCUT2D eigenvalue weighted by atomic mass is 32.1. The van der Waals surface area contributed by atoms with Crippen molar-refractivity contribution in [2.75, 3.05) is 0 Å². The van der Waals surface area contributed by atoms with Gasteiger partial charge in [0.1, 0.15) is 0 Å². The smallest absolute Gasteiger partial charge is 0.0593 e. The minimum Gasteiger partial charge on any atom is -0.271 e. The van der Waals surface area contributed by atoms with Gasteiger partial charge in [-0.15, -0.1) is 11.3 Å². The molecule has 1 aromatic heterocycles. The molecule has 0 radical (unpaired) electrons. The van der Waals surface area contributed by atoms with Gasteiger partial charge < -0.3 is 0 Å². The Balaban J connectivity index is 2.22. The largest absolute Gasteiger partial charge is 0.271 e. The molecule has 0 aliphatic rings. The van der Waals surface area contributed by atoms with Crippen molar-refractivity contribution >= 4 is 11.3 Å². The zero-order valence-electron chi connectivity index (χ0n) is 11.2. The lowest BCUT2D eigenvalue weighted by Crippen LogP contribution is -2.29. The second-order valence-corrected chi connectivity index (χ2v) is 6.12. The van der Waals surface area contributed by atoms with Gasteiger partial charge in [0.25, 0.3) is 0 Å². The third-order valence-corrected chi connectivity index (χ3v) is 4.35. The van der Waals surface area contributed by atoms with E-state index >= 15 is 0 Å². The van der Waals surface area contributed by atoms with Crippen LogP contribution in [0.3, 0.4) is 0 Å². The van der Waals surface area contributed by atoms with Gasteiger partial charge in [-0.25, -0.2) is 0 Å². The molecule has 2 rings (SSSR count). The fourth-order valence-corrected chi connectivity index (χ4v) is 3.06. The molecule has 96 valence electrons. The molecule has 0 spiro atoms. The SMILES string of the molecule is Cc1ccc(C)c(CC(NN)c2ccc(C)s2)c1. The van der Waals surface area contributed by atoms with Gasteiger partial charge in [0.15, 0.2) is 0 Å². The summed E-state index contributed by atoms with van der Waals surface area (Å²) < 4.78 is 0. The molecule has 0 aliphatic heterocycles. The highest BCUT2D eigenvalue weighted by Gasteiger charge is 2.13. The number of benzene rings is 1. The highest BCUT2D eigenvalue weighted by molar-refractivity contribution is 7.12. The van der Waals surface area contributed by atoms with Crippen molar-refractivity contribution in [1.29, 1.82) is 0 Å². The maximum Gasteiger partial charge on any atom is 0.0593 e. The van der Waals surface area contributed by atoms with Gasteiger partial charge in [-0.2, -0.15) is 0 Å². The van der Waals surface area contributed by atoms with E-state index in [1.54, 1.807) is 0 Å². The van der Waals surface area contributed by atoms with E-state index in [1.165, 1.54) is 26.4 Å². The maximum absolute atomic E-state index is 5.71. The Morgan fingerprint density at radius 1 is 1.17 bits per heavy atom. The summed E-state index contributed by atoms with van der Waals surface area (Å²) in [5.41, 5.74) is 6.93. The van der Waals surface area contributed by atoms with E-state index in [0.717, 1.165) is 6.42 Å². The molecule has 2 nitrogen and oxygen atoms in total. The molecular formula is C15H20N2S. The summed E-state index contributed by atoms with van der Waals surface area (Å²) in [7, 11) is 0. The zero-order chi connectivity index (χ0) is 13.1. The number of hydrogen-bond donors (Lipinski definition) is 2. The summed E-state index contributed by atoms with van der Waals surface area (Å²) in [5.74, 6) is 5.71. The number of rotatable bonds is 4. The summed E-state index contributed by atoms with van der Waals surface area (Å²) in [6, 6.07) is 11.1. The Hall–Kier alpha value is -1.16. The summed E-state index contributed by atoms with van der Waals surface area (Å²) in [4.78, 5) is 2.63. The average Bonchev–Trinajstić information content (AvgIpc) is 2.77. The summed E-state index contributed by atoms with van der Waals surface area (Å²) in [5, 5.41) is 0. The molecule has 18 heavy (non-hydrogen) atoms. The van der Waals surface area contributed by atoms with Crippen molar-refractivity contribution in [2.45, 2.75) is 33.2 Å². The van der Waals surface area contributed by atoms with Crippen LogP contribution in [0.25, 0.3) is 0 Å². The maximum atomic E-state index is 5.71. The van der Waals surface area contributed by atoms with E-state index < -0.39 is 0 Å². The lowest BCUT2D eigenvalue weighted by atomic mass is 9.98. The molecule has 1 unspecified atom stereocenters.